The Kier molecular flexibility index (Phi) is 3.64. The van der Waals surface area contributed by atoms with Crippen LogP contribution < -0.4 is 10.2 Å². The Hall–Kier alpha value is -1.85. The van der Waals surface area contributed by atoms with Crippen LogP contribution in [0.5, 0.6) is 0 Å². The number of pyridine rings is 1. The second-order valence-corrected chi connectivity index (χ2v) is 4.70. The Morgan fingerprint density at radius 3 is 2.94 bits per heavy atom. The number of hydrogen-bond acceptors (Lipinski definition) is 5. The van der Waals surface area contributed by atoms with Crippen LogP contribution in [0.2, 0.25) is 0 Å². The lowest BCUT2D eigenvalue weighted by atomic mass is 10.2. The van der Waals surface area contributed by atoms with Gasteiger partial charge in [-0.2, -0.15) is 0 Å². The summed E-state index contributed by atoms with van der Waals surface area (Å²) in [7, 11) is 0. The Labute approximate surface area is 106 Å². The predicted octanol–water partition coefficient (Wildman–Crippen LogP) is 2.27. The Bertz CT molecular complexity index is 450. The molecule has 1 N–H and O–H groups in total. The summed E-state index contributed by atoms with van der Waals surface area (Å²) in [5, 5.41) is 14.0. The van der Waals surface area contributed by atoms with Crippen molar-refractivity contribution in [2.75, 3.05) is 29.9 Å². The van der Waals surface area contributed by atoms with Gasteiger partial charge >= 0.3 is 0 Å². The molecule has 0 bridgehead atoms. The molecule has 1 aromatic rings. The van der Waals surface area contributed by atoms with Crippen molar-refractivity contribution in [1.82, 2.24) is 4.98 Å². The SMILES string of the molecule is CCNc1cc([N+](=O)[O-])cc(N2CCC(C)C2)n1. The third-order valence-corrected chi connectivity index (χ3v) is 3.11. The second-order valence-electron chi connectivity index (χ2n) is 4.70. The summed E-state index contributed by atoms with van der Waals surface area (Å²) in [6.07, 6.45) is 1.11. The van der Waals surface area contributed by atoms with Crippen LogP contribution in [-0.2, 0) is 0 Å². The summed E-state index contributed by atoms with van der Waals surface area (Å²) in [6.45, 7) is 6.66. The van der Waals surface area contributed by atoms with E-state index in [1.807, 2.05) is 6.92 Å². The fraction of sp³-hybridized carbons (Fsp3) is 0.583. The topological polar surface area (TPSA) is 71.3 Å². The van der Waals surface area contributed by atoms with E-state index in [0.29, 0.717) is 24.1 Å². The van der Waals surface area contributed by atoms with Crippen molar-refractivity contribution < 1.29 is 4.92 Å². The molecule has 18 heavy (non-hydrogen) atoms. The van der Waals surface area contributed by atoms with Gasteiger partial charge in [-0.25, -0.2) is 4.98 Å². The van der Waals surface area contributed by atoms with E-state index < -0.39 is 0 Å². The third kappa shape index (κ3) is 2.69. The molecule has 2 rings (SSSR count). The van der Waals surface area contributed by atoms with Crippen molar-refractivity contribution in [2.24, 2.45) is 5.92 Å². The Balaban J connectivity index is 2.30. The van der Waals surface area contributed by atoms with Gasteiger partial charge in [-0.05, 0) is 19.3 Å². The van der Waals surface area contributed by atoms with Crippen molar-refractivity contribution in [1.29, 1.82) is 0 Å². The average molecular weight is 250 g/mol. The smallest absolute Gasteiger partial charge is 0.276 e. The van der Waals surface area contributed by atoms with Crippen LogP contribution in [0, 0.1) is 16.0 Å². The van der Waals surface area contributed by atoms with Gasteiger partial charge in [0.2, 0.25) is 0 Å². The number of nitro groups is 1. The van der Waals surface area contributed by atoms with Crippen LogP contribution in [0.15, 0.2) is 12.1 Å². The van der Waals surface area contributed by atoms with E-state index in [2.05, 4.69) is 22.1 Å². The van der Waals surface area contributed by atoms with Gasteiger partial charge in [-0.1, -0.05) is 6.92 Å². The van der Waals surface area contributed by atoms with Crippen LogP contribution >= 0.6 is 0 Å². The summed E-state index contributed by atoms with van der Waals surface area (Å²) in [5.41, 5.74) is 0.0931. The van der Waals surface area contributed by atoms with Gasteiger partial charge in [-0.15, -0.1) is 0 Å². The third-order valence-electron chi connectivity index (χ3n) is 3.11. The Morgan fingerprint density at radius 1 is 1.61 bits per heavy atom. The van der Waals surface area contributed by atoms with Crippen molar-refractivity contribution >= 4 is 17.3 Å². The highest BCUT2D eigenvalue weighted by atomic mass is 16.6. The van der Waals surface area contributed by atoms with Crippen LogP contribution in [0.3, 0.4) is 0 Å². The molecule has 0 aromatic carbocycles. The molecular formula is C12H18N4O2. The van der Waals surface area contributed by atoms with Crippen molar-refractivity contribution in [3.63, 3.8) is 0 Å². The maximum absolute atomic E-state index is 10.9. The van der Waals surface area contributed by atoms with Crippen molar-refractivity contribution in [3.8, 4) is 0 Å². The maximum Gasteiger partial charge on any atom is 0.276 e. The van der Waals surface area contributed by atoms with Crippen molar-refractivity contribution in [3.05, 3.63) is 22.2 Å². The number of anilines is 2. The molecule has 6 heteroatoms. The highest BCUT2D eigenvalue weighted by Crippen LogP contribution is 2.27. The van der Waals surface area contributed by atoms with E-state index in [1.165, 1.54) is 6.07 Å². The molecule has 98 valence electrons. The van der Waals surface area contributed by atoms with Gasteiger partial charge in [-0.3, -0.25) is 10.1 Å². The quantitative estimate of drug-likeness (QED) is 0.655. The van der Waals surface area contributed by atoms with E-state index in [9.17, 15) is 10.1 Å². The van der Waals surface area contributed by atoms with E-state index in [-0.39, 0.29) is 10.6 Å². The highest BCUT2D eigenvalue weighted by molar-refractivity contribution is 5.56. The summed E-state index contributed by atoms with van der Waals surface area (Å²) in [6, 6.07) is 3.03. The monoisotopic (exact) mass is 250 g/mol. The molecule has 0 radical (unpaired) electrons. The lowest BCUT2D eigenvalue weighted by molar-refractivity contribution is -0.384. The molecule has 6 nitrogen and oxygen atoms in total. The average Bonchev–Trinajstić information content (AvgIpc) is 2.76. The van der Waals surface area contributed by atoms with Crippen LogP contribution in [0.1, 0.15) is 20.3 Å². The zero-order chi connectivity index (χ0) is 13.1. The van der Waals surface area contributed by atoms with Crippen LogP contribution in [0.25, 0.3) is 0 Å². The molecule has 0 spiro atoms. The molecule has 1 saturated heterocycles. The molecule has 0 amide bonds. The fourth-order valence-corrected chi connectivity index (χ4v) is 2.18. The number of rotatable bonds is 4. The molecule has 1 aromatic heterocycles. The molecule has 1 atom stereocenters. The van der Waals surface area contributed by atoms with E-state index in [1.54, 1.807) is 6.07 Å². The van der Waals surface area contributed by atoms with Gasteiger partial charge < -0.3 is 10.2 Å². The number of nitrogens with one attached hydrogen (secondary N) is 1. The minimum atomic E-state index is -0.370. The van der Waals surface area contributed by atoms with Crippen LogP contribution in [0.4, 0.5) is 17.3 Å². The largest absolute Gasteiger partial charge is 0.370 e. The van der Waals surface area contributed by atoms with Gasteiger partial charge in [0.1, 0.15) is 11.6 Å². The first-order valence-corrected chi connectivity index (χ1v) is 6.25. The molecule has 1 fully saturated rings. The molecular weight excluding hydrogens is 232 g/mol. The van der Waals surface area contributed by atoms with Crippen LogP contribution in [-0.4, -0.2) is 29.5 Å². The molecule has 1 aliphatic heterocycles. The number of hydrogen-bond donors (Lipinski definition) is 1. The van der Waals surface area contributed by atoms with E-state index in [0.717, 1.165) is 19.5 Å². The summed E-state index contributed by atoms with van der Waals surface area (Å²) in [4.78, 5) is 17.1. The highest BCUT2D eigenvalue weighted by Gasteiger charge is 2.22. The van der Waals surface area contributed by atoms with Crippen molar-refractivity contribution in [2.45, 2.75) is 20.3 Å². The van der Waals surface area contributed by atoms with Gasteiger partial charge in [0.25, 0.3) is 5.69 Å². The standard InChI is InChI=1S/C12H18N4O2/c1-3-13-11-6-10(16(17)18)7-12(14-11)15-5-4-9(2)8-15/h6-7,9H,3-5,8H2,1-2H3,(H,13,14). The maximum atomic E-state index is 10.9. The molecule has 0 saturated carbocycles. The zero-order valence-corrected chi connectivity index (χ0v) is 10.7. The normalized spacial score (nSPS) is 19.0. The zero-order valence-electron chi connectivity index (χ0n) is 10.7. The number of aromatic nitrogens is 1. The molecule has 2 heterocycles. The molecule has 1 aliphatic rings. The first-order chi connectivity index (χ1) is 8.60. The predicted molar refractivity (Wildman–Crippen MR) is 71.0 cm³/mol. The summed E-state index contributed by atoms with van der Waals surface area (Å²) in [5.74, 6) is 1.89. The first kappa shape index (κ1) is 12.6. The first-order valence-electron chi connectivity index (χ1n) is 6.25. The minimum absolute atomic E-state index is 0.0931. The summed E-state index contributed by atoms with van der Waals surface area (Å²) < 4.78 is 0. The minimum Gasteiger partial charge on any atom is -0.370 e. The lowest BCUT2D eigenvalue weighted by Gasteiger charge is -2.17. The van der Waals surface area contributed by atoms with Gasteiger partial charge in [0, 0.05) is 19.6 Å². The van der Waals surface area contributed by atoms with Gasteiger partial charge in [0.15, 0.2) is 0 Å². The molecule has 1 unspecified atom stereocenters. The number of nitrogens with zero attached hydrogens (tertiary/aromatic N) is 3. The van der Waals surface area contributed by atoms with Gasteiger partial charge in [0.05, 0.1) is 17.1 Å². The van der Waals surface area contributed by atoms with E-state index in [4.69, 9.17) is 0 Å². The Morgan fingerprint density at radius 2 is 2.39 bits per heavy atom. The fourth-order valence-electron chi connectivity index (χ4n) is 2.18. The molecule has 0 aliphatic carbocycles. The second kappa shape index (κ2) is 5.20. The summed E-state index contributed by atoms with van der Waals surface area (Å²) >= 11 is 0. The van der Waals surface area contributed by atoms with E-state index >= 15 is 0 Å². The lowest BCUT2D eigenvalue weighted by Crippen LogP contribution is -2.21.